The predicted octanol–water partition coefficient (Wildman–Crippen LogP) is 4.25. The van der Waals surface area contributed by atoms with Gasteiger partial charge in [0.2, 0.25) is 0 Å². The van der Waals surface area contributed by atoms with Gasteiger partial charge in [-0.2, -0.15) is 0 Å². The zero-order chi connectivity index (χ0) is 18.8. The average molecular weight is 370 g/mol. The summed E-state index contributed by atoms with van der Waals surface area (Å²) in [7, 11) is 3.45. The lowest BCUT2D eigenvalue weighted by Crippen LogP contribution is -2.58. The second-order valence-corrected chi connectivity index (χ2v) is 9.18. The van der Waals surface area contributed by atoms with Gasteiger partial charge >= 0.3 is 0 Å². The van der Waals surface area contributed by atoms with Crippen molar-refractivity contribution in [2.45, 2.75) is 70.2 Å². The standard InChI is InChI=1S/C23H30O4/c1-22-10-8-17-16-6-5-15(25-2)12-14(16)4-7-18(17)23(22)11-9-21(26-3)27-20(23)13-19(22)24/h5-6,12,17-18,20-21H,4,7-11,13H2,1-3H3/t17-,18-,20-,21-,22-,23+/m1/s1. The van der Waals surface area contributed by atoms with Gasteiger partial charge in [0.15, 0.2) is 6.29 Å². The number of fused-ring (bicyclic) bond motifs is 3. The van der Waals surface area contributed by atoms with E-state index in [1.54, 1.807) is 14.2 Å². The van der Waals surface area contributed by atoms with Crippen LogP contribution in [0.25, 0.3) is 0 Å². The fraction of sp³-hybridized carbons (Fsp3) is 0.696. The van der Waals surface area contributed by atoms with Crippen molar-refractivity contribution in [3.63, 3.8) is 0 Å². The molecule has 3 aliphatic carbocycles. The first kappa shape index (κ1) is 17.7. The fourth-order valence-corrected chi connectivity index (χ4v) is 7.22. The Bertz CT molecular complexity index is 774. The molecule has 4 aliphatic rings. The molecule has 5 rings (SSSR count). The van der Waals surface area contributed by atoms with Crippen molar-refractivity contribution in [3.05, 3.63) is 29.3 Å². The number of hydrogen-bond donors (Lipinski definition) is 0. The summed E-state index contributed by atoms with van der Waals surface area (Å²) in [6, 6.07) is 6.59. The van der Waals surface area contributed by atoms with E-state index >= 15 is 0 Å². The molecule has 1 spiro atoms. The van der Waals surface area contributed by atoms with Crippen LogP contribution < -0.4 is 4.74 Å². The number of ether oxygens (including phenoxy) is 3. The molecule has 4 heteroatoms. The van der Waals surface area contributed by atoms with Gasteiger partial charge in [0.05, 0.1) is 13.2 Å². The van der Waals surface area contributed by atoms with Gasteiger partial charge < -0.3 is 14.2 Å². The molecule has 1 aromatic carbocycles. The van der Waals surface area contributed by atoms with Crippen molar-refractivity contribution in [2.75, 3.05) is 14.2 Å². The number of Topliss-reactive ketones (excluding diaryl/α,β-unsaturated/α-hetero) is 1. The Balaban J connectivity index is 1.58. The minimum absolute atomic E-state index is 0.0151. The van der Waals surface area contributed by atoms with Crippen LogP contribution in [-0.4, -0.2) is 32.4 Å². The summed E-state index contributed by atoms with van der Waals surface area (Å²) in [6.45, 7) is 2.24. The summed E-state index contributed by atoms with van der Waals surface area (Å²) >= 11 is 0. The number of carbonyl (C=O) groups excluding carboxylic acids is 1. The fourth-order valence-electron chi connectivity index (χ4n) is 7.22. The van der Waals surface area contributed by atoms with Crippen LogP contribution >= 0.6 is 0 Å². The van der Waals surface area contributed by atoms with Crippen molar-refractivity contribution >= 4 is 5.78 Å². The lowest BCUT2D eigenvalue weighted by molar-refractivity contribution is -0.251. The van der Waals surface area contributed by atoms with Gasteiger partial charge in [0.25, 0.3) is 0 Å². The smallest absolute Gasteiger partial charge is 0.157 e. The zero-order valence-electron chi connectivity index (χ0n) is 16.6. The Labute approximate surface area is 161 Å². The summed E-state index contributed by atoms with van der Waals surface area (Å²) in [4.78, 5) is 13.2. The molecule has 4 nitrogen and oxygen atoms in total. The number of benzene rings is 1. The maximum Gasteiger partial charge on any atom is 0.157 e. The van der Waals surface area contributed by atoms with E-state index in [2.05, 4.69) is 25.1 Å². The van der Waals surface area contributed by atoms with Crippen molar-refractivity contribution in [1.82, 2.24) is 0 Å². The molecule has 0 amide bonds. The van der Waals surface area contributed by atoms with E-state index in [0.717, 1.165) is 44.3 Å². The van der Waals surface area contributed by atoms with Crippen LogP contribution in [0.3, 0.4) is 0 Å². The zero-order valence-corrected chi connectivity index (χ0v) is 16.6. The summed E-state index contributed by atoms with van der Waals surface area (Å²) in [6.07, 6.45) is 6.67. The van der Waals surface area contributed by atoms with Crippen molar-refractivity contribution in [3.8, 4) is 5.75 Å². The molecule has 0 unspecified atom stereocenters. The monoisotopic (exact) mass is 370 g/mol. The Morgan fingerprint density at radius 3 is 2.78 bits per heavy atom. The maximum absolute atomic E-state index is 13.2. The van der Waals surface area contributed by atoms with Gasteiger partial charge in [-0.1, -0.05) is 13.0 Å². The first-order valence-corrected chi connectivity index (χ1v) is 10.4. The first-order chi connectivity index (χ1) is 13.0. The number of rotatable bonds is 2. The molecule has 3 fully saturated rings. The molecular weight excluding hydrogens is 340 g/mol. The third-order valence-electron chi connectivity index (χ3n) is 8.54. The molecule has 0 N–H and O–H groups in total. The van der Waals surface area contributed by atoms with Gasteiger partial charge in [-0.3, -0.25) is 4.79 Å². The number of methoxy groups -OCH3 is 2. The summed E-state index contributed by atoms with van der Waals surface area (Å²) in [5, 5.41) is 0. The summed E-state index contributed by atoms with van der Waals surface area (Å²) in [5.74, 6) is 2.42. The molecule has 27 heavy (non-hydrogen) atoms. The van der Waals surface area contributed by atoms with E-state index in [-0.39, 0.29) is 23.2 Å². The predicted molar refractivity (Wildman–Crippen MR) is 102 cm³/mol. The van der Waals surface area contributed by atoms with E-state index in [1.165, 1.54) is 11.1 Å². The summed E-state index contributed by atoms with van der Waals surface area (Å²) < 4.78 is 17.3. The van der Waals surface area contributed by atoms with E-state index in [0.29, 0.717) is 24.0 Å². The molecule has 146 valence electrons. The highest BCUT2D eigenvalue weighted by atomic mass is 16.7. The third kappa shape index (κ3) is 2.20. The Hall–Kier alpha value is -1.39. The Morgan fingerprint density at radius 2 is 2.00 bits per heavy atom. The highest BCUT2D eigenvalue weighted by Crippen LogP contribution is 2.70. The molecule has 0 radical (unpaired) electrons. The van der Waals surface area contributed by atoms with Gasteiger partial charge in [-0.15, -0.1) is 0 Å². The van der Waals surface area contributed by atoms with Crippen LogP contribution in [-0.2, 0) is 20.7 Å². The quantitative estimate of drug-likeness (QED) is 0.781. The Morgan fingerprint density at radius 1 is 1.15 bits per heavy atom. The highest BCUT2D eigenvalue weighted by molar-refractivity contribution is 5.89. The van der Waals surface area contributed by atoms with E-state index < -0.39 is 0 Å². The second-order valence-electron chi connectivity index (χ2n) is 9.18. The topological polar surface area (TPSA) is 44.8 Å². The van der Waals surface area contributed by atoms with E-state index in [4.69, 9.17) is 14.2 Å². The highest BCUT2D eigenvalue weighted by Gasteiger charge is 2.70. The van der Waals surface area contributed by atoms with Crippen molar-refractivity contribution < 1.29 is 19.0 Å². The largest absolute Gasteiger partial charge is 0.497 e. The van der Waals surface area contributed by atoms with Crippen LogP contribution in [0.5, 0.6) is 5.75 Å². The molecule has 1 aromatic rings. The number of hydrogen-bond acceptors (Lipinski definition) is 4. The SMILES string of the molecule is COc1ccc2c(c1)CC[C@@H]1[C@@H]2CC[C@]2(C)C(=O)C[C@H]3O[C@@H](OC)CC[C@]132. The molecule has 1 aliphatic heterocycles. The molecule has 1 heterocycles. The summed E-state index contributed by atoms with van der Waals surface area (Å²) in [5.41, 5.74) is 2.65. The lowest BCUT2D eigenvalue weighted by Gasteiger charge is -2.60. The molecular formula is C23H30O4. The van der Waals surface area contributed by atoms with Crippen LogP contribution in [0.15, 0.2) is 18.2 Å². The van der Waals surface area contributed by atoms with Crippen molar-refractivity contribution in [1.29, 1.82) is 0 Å². The third-order valence-corrected chi connectivity index (χ3v) is 8.54. The molecule has 2 saturated carbocycles. The normalized spacial score (nSPS) is 42.7. The van der Waals surface area contributed by atoms with Crippen LogP contribution in [0.2, 0.25) is 0 Å². The Kier molecular flexibility index (Phi) is 3.97. The molecule has 0 aromatic heterocycles. The lowest BCUT2D eigenvalue weighted by atomic mass is 9.45. The number of ketones is 1. The van der Waals surface area contributed by atoms with Gasteiger partial charge in [0, 0.05) is 24.4 Å². The van der Waals surface area contributed by atoms with Crippen LogP contribution in [0.1, 0.15) is 62.5 Å². The van der Waals surface area contributed by atoms with Crippen molar-refractivity contribution in [2.24, 2.45) is 16.7 Å². The van der Waals surface area contributed by atoms with E-state index in [1.807, 2.05) is 0 Å². The second kappa shape index (κ2) is 6.05. The molecule has 1 saturated heterocycles. The molecule has 6 atom stereocenters. The first-order valence-electron chi connectivity index (χ1n) is 10.4. The van der Waals surface area contributed by atoms with E-state index in [9.17, 15) is 4.79 Å². The molecule has 0 bridgehead atoms. The minimum Gasteiger partial charge on any atom is -0.497 e. The van der Waals surface area contributed by atoms with Crippen LogP contribution in [0.4, 0.5) is 0 Å². The minimum atomic E-state index is -0.235. The van der Waals surface area contributed by atoms with Gasteiger partial charge in [0.1, 0.15) is 11.5 Å². The van der Waals surface area contributed by atoms with Gasteiger partial charge in [-0.25, -0.2) is 0 Å². The number of carbonyl (C=O) groups is 1. The number of aryl methyl sites for hydroxylation is 1. The maximum atomic E-state index is 13.2. The van der Waals surface area contributed by atoms with Gasteiger partial charge in [-0.05, 0) is 73.6 Å². The van der Waals surface area contributed by atoms with Crippen LogP contribution in [0, 0.1) is 16.7 Å². The average Bonchev–Trinajstić information content (AvgIpc) is 2.93.